The molecule has 2 heterocycles. The van der Waals surface area contributed by atoms with Crippen molar-refractivity contribution in [1.29, 1.82) is 0 Å². The van der Waals surface area contributed by atoms with Crippen molar-refractivity contribution in [3.05, 3.63) is 46.2 Å². The smallest absolute Gasteiger partial charge is 0.241 e. The van der Waals surface area contributed by atoms with Crippen molar-refractivity contribution in [1.82, 2.24) is 4.72 Å². The lowest BCUT2D eigenvalue weighted by molar-refractivity contribution is 0.356. The largest absolute Gasteiger partial charge is 0.493 e. The maximum absolute atomic E-state index is 12.9. The zero-order chi connectivity index (χ0) is 16.6. The van der Waals surface area contributed by atoms with E-state index in [-0.39, 0.29) is 6.04 Å². The average Bonchev–Trinajstić information content (AvgIpc) is 3.34. The van der Waals surface area contributed by atoms with Gasteiger partial charge in [-0.2, -0.15) is 0 Å². The minimum Gasteiger partial charge on any atom is -0.493 e. The molecule has 1 atom stereocenters. The lowest BCUT2D eigenvalue weighted by atomic mass is 9.98. The highest BCUT2D eigenvalue weighted by Gasteiger charge is 2.31. The molecule has 1 aromatic heterocycles. The van der Waals surface area contributed by atoms with E-state index in [1.54, 1.807) is 29.5 Å². The molecule has 4 nitrogen and oxygen atoms in total. The van der Waals surface area contributed by atoms with Gasteiger partial charge < -0.3 is 4.74 Å². The van der Waals surface area contributed by atoms with Crippen molar-refractivity contribution >= 4 is 21.4 Å². The molecule has 0 unspecified atom stereocenters. The van der Waals surface area contributed by atoms with Crippen LogP contribution in [0, 0.1) is 5.92 Å². The van der Waals surface area contributed by atoms with E-state index in [1.165, 1.54) is 12.8 Å². The topological polar surface area (TPSA) is 55.4 Å². The molecule has 0 amide bonds. The van der Waals surface area contributed by atoms with E-state index in [2.05, 4.69) is 4.72 Å². The van der Waals surface area contributed by atoms with Crippen molar-refractivity contribution in [3.8, 4) is 5.75 Å². The van der Waals surface area contributed by atoms with Gasteiger partial charge in [0.05, 0.1) is 17.5 Å². The SMILES string of the molecule is O=S(=O)(N[C@@H](c1cccs1)C1CCCC1)c1ccc2c(c1)CCO2. The first-order valence-corrected chi connectivity index (χ1v) is 10.8. The van der Waals surface area contributed by atoms with E-state index >= 15 is 0 Å². The van der Waals surface area contributed by atoms with Crippen LogP contribution in [0.2, 0.25) is 0 Å². The number of nitrogens with one attached hydrogen (secondary N) is 1. The Balaban J connectivity index is 1.63. The van der Waals surface area contributed by atoms with Gasteiger partial charge in [0, 0.05) is 11.3 Å². The van der Waals surface area contributed by atoms with E-state index in [0.29, 0.717) is 17.4 Å². The van der Waals surface area contributed by atoms with Crippen LogP contribution in [-0.2, 0) is 16.4 Å². The predicted octanol–water partition coefficient (Wildman–Crippen LogP) is 3.89. The van der Waals surface area contributed by atoms with Crippen LogP contribution in [0.1, 0.15) is 42.2 Å². The molecule has 4 rings (SSSR count). The van der Waals surface area contributed by atoms with Crippen molar-refractivity contribution in [2.24, 2.45) is 5.92 Å². The highest BCUT2D eigenvalue weighted by Crippen LogP contribution is 2.38. The summed E-state index contributed by atoms with van der Waals surface area (Å²) >= 11 is 1.63. The predicted molar refractivity (Wildman–Crippen MR) is 95.0 cm³/mol. The van der Waals surface area contributed by atoms with Crippen LogP contribution in [-0.4, -0.2) is 15.0 Å². The van der Waals surface area contributed by atoms with Crippen LogP contribution >= 0.6 is 11.3 Å². The number of thiophene rings is 1. The van der Waals surface area contributed by atoms with Crippen LogP contribution < -0.4 is 9.46 Å². The van der Waals surface area contributed by atoms with Crippen LogP contribution in [0.5, 0.6) is 5.75 Å². The van der Waals surface area contributed by atoms with Gasteiger partial charge in [0.25, 0.3) is 0 Å². The summed E-state index contributed by atoms with van der Waals surface area (Å²) in [5.41, 5.74) is 0.978. The van der Waals surface area contributed by atoms with Crippen molar-refractivity contribution < 1.29 is 13.2 Å². The lowest BCUT2D eigenvalue weighted by Gasteiger charge is -2.23. The third-order valence-corrected chi connectivity index (χ3v) is 7.37. The summed E-state index contributed by atoms with van der Waals surface area (Å²) in [5, 5.41) is 2.01. The van der Waals surface area contributed by atoms with Gasteiger partial charge in [-0.3, -0.25) is 0 Å². The molecule has 1 aliphatic heterocycles. The molecule has 0 radical (unpaired) electrons. The van der Waals surface area contributed by atoms with Crippen LogP contribution in [0.25, 0.3) is 0 Å². The van der Waals surface area contributed by atoms with E-state index in [9.17, 15) is 8.42 Å². The Labute approximate surface area is 146 Å². The standard InChI is InChI=1S/C18H21NO3S2/c20-24(21,15-7-8-16-14(12-15)9-10-22-16)19-18(13-4-1-2-5-13)17-6-3-11-23-17/h3,6-8,11-13,18-19H,1-2,4-5,9-10H2/t18-/m1/s1. The number of hydrogen-bond donors (Lipinski definition) is 1. The van der Waals surface area contributed by atoms with E-state index in [4.69, 9.17) is 4.74 Å². The molecule has 128 valence electrons. The molecule has 2 aliphatic rings. The molecule has 1 saturated carbocycles. The Morgan fingerprint density at radius 2 is 2.04 bits per heavy atom. The summed E-state index contributed by atoms with van der Waals surface area (Å²) in [6, 6.07) is 9.07. The molecular weight excluding hydrogens is 342 g/mol. The number of rotatable bonds is 5. The summed E-state index contributed by atoms with van der Waals surface area (Å²) in [5.74, 6) is 1.19. The first kappa shape index (κ1) is 16.1. The average molecular weight is 364 g/mol. The van der Waals surface area contributed by atoms with Gasteiger partial charge in [-0.15, -0.1) is 11.3 Å². The number of sulfonamides is 1. The molecule has 1 aromatic carbocycles. The molecule has 0 spiro atoms. The van der Waals surface area contributed by atoms with Gasteiger partial charge in [0.2, 0.25) is 10.0 Å². The minimum absolute atomic E-state index is 0.123. The van der Waals surface area contributed by atoms with E-state index in [1.807, 2.05) is 17.5 Å². The quantitative estimate of drug-likeness (QED) is 0.877. The molecule has 2 aromatic rings. The monoisotopic (exact) mass is 363 g/mol. The van der Waals surface area contributed by atoms with Gasteiger partial charge in [0.1, 0.15) is 5.75 Å². The Hall–Kier alpha value is -1.37. The molecule has 1 N–H and O–H groups in total. The number of hydrogen-bond acceptors (Lipinski definition) is 4. The van der Waals surface area contributed by atoms with Gasteiger partial charge in [-0.05, 0) is 54.0 Å². The fraction of sp³-hybridized carbons (Fsp3) is 0.444. The fourth-order valence-electron chi connectivity index (χ4n) is 3.71. The molecule has 1 fully saturated rings. The summed E-state index contributed by atoms with van der Waals surface area (Å²) in [6.45, 7) is 0.631. The second kappa shape index (κ2) is 6.50. The van der Waals surface area contributed by atoms with Crippen molar-refractivity contribution in [2.45, 2.75) is 43.0 Å². The fourth-order valence-corrected chi connectivity index (χ4v) is 5.99. The number of fused-ring (bicyclic) bond motifs is 1. The van der Waals surface area contributed by atoms with E-state index < -0.39 is 10.0 Å². The second-order valence-electron chi connectivity index (χ2n) is 6.53. The van der Waals surface area contributed by atoms with Crippen molar-refractivity contribution in [2.75, 3.05) is 6.61 Å². The van der Waals surface area contributed by atoms with E-state index in [0.717, 1.165) is 35.5 Å². The normalized spacial score (nSPS) is 19.2. The van der Waals surface area contributed by atoms with Gasteiger partial charge in [-0.1, -0.05) is 18.9 Å². The van der Waals surface area contributed by atoms with Crippen molar-refractivity contribution in [3.63, 3.8) is 0 Å². The molecule has 0 bridgehead atoms. The lowest BCUT2D eigenvalue weighted by Crippen LogP contribution is -2.32. The number of ether oxygens (including phenoxy) is 1. The van der Waals surface area contributed by atoms with Gasteiger partial charge >= 0.3 is 0 Å². The summed E-state index contributed by atoms with van der Waals surface area (Å²) in [7, 11) is -3.54. The number of benzene rings is 1. The van der Waals surface area contributed by atoms with Crippen LogP contribution in [0.15, 0.2) is 40.6 Å². The van der Waals surface area contributed by atoms with Gasteiger partial charge in [0.15, 0.2) is 0 Å². The summed E-state index contributed by atoms with van der Waals surface area (Å²) in [4.78, 5) is 1.45. The molecule has 6 heteroatoms. The summed E-state index contributed by atoms with van der Waals surface area (Å²) < 4.78 is 34.4. The minimum atomic E-state index is -3.54. The Morgan fingerprint density at radius 3 is 2.79 bits per heavy atom. The molecule has 1 aliphatic carbocycles. The first-order chi connectivity index (χ1) is 11.6. The molecule has 0 saturated heterocycles. The second-order valence-corrected chi connectivity index (χ2v) is 9.22. The third kappa shape index (κ3) is 3.10. The zero-order valence-corrected chi connectivity index (χ0v) is 15.0. The molecular formula is C18H21NO3S2. The highest BCUT2D eigenvalue weighted by atomic mass is 32.2. The Kier molecular flexibility index (Phi) is 4.37. The Morgan fingerprint density at radius 1 is 1.21 bits per heavy atom. The zero-order valence-electron chi connectivity index (χ0n) is 13.4. The first-order valence-electron chi connectivity index (χ1n) is 8.45. The Bertz CT molecular complexity index is 809. The van der Waals surface area contributed by atoms with Gasteiger partial charge in [-0.25, -0.2) is 13.1 Å². The van der Waals surface area contributed by atoms with Crippen LogP contribution in [0.3, 0.4) is 0 Å². The van der Waals surface area contributed by atoms with Crippen LogP contribution in [0.4, 0.5) is 0 Å². The maximum atomic E-state index is 12.9. The summed E-state index contributed by atoms with van der Waals surface area (Å²) in [6.07, 6.45) is 5.32. The third-order valence-electron chi connectivity index (χ3n) is 4.97. The highest BCUT2D eigenvalue weighted by molar-refractivity contribution is 7.89. The molecule has 24 heavy (non-hydrogen) atoms. The maximum Gasteiger partial charge on any atom is 0.241 e.